The molecule has 0 bridgehead atoms. The number of aliphatic hydroxyl groups is 3. The molecule has 6 N–H and O–H groups in total. The van der Waals surface area contributed by atoms with Crippen LogP contribution in [0.25, 0.3) is 11.0 Å². The third-order valence-electron chi connectivity index (χ3n) is 4.06. The zero-order valence-corrected chi connectivity index (χ0v) is 12.1. The van der Waals surface area contributed by atoms with Crippen LogP contribution in [0.5, 0.6) is 0 Å². The van der Waals surface area contributed by atoms with Gasteiger partial charge in [-0.25, -0.2) is 14.8 Å². The molecular formula is C13H16N4O6. The Kier molecular flexibility index (Phi) is 3.48. The van der Waals surface area contributed by atoms with Gasteiger partial charge in [0.05, 0.1) is 17.6 Å². The predicted molar refractivity (Wildman–Crippen MR) is 76.5 cm³/mol. The molecule has 2 unspecified atom stereocenters. The maximum Gasteiger partial charge on any atom is 0.338 e. The van der Waals surface area contributed by atoms with Crippen LogP contribution in [-0.2, 0) is 4.74 Å². The summed E-state index contributed by atoms with van der Waals surface area (Å²) in [4.78, 5) is 19.2. The number of rotatable bonds is 3. The summed E-state index contributed by atoms with van der Waals surface area (Å²) in [6, 6.07) is 0. The van der Waals surface area contributed by atoms with Crippen molar-refractivity contribution in [3.8, 4) is 0 Å². The number of carboxylic acid groups (broad SMARTS) is 1. The van der Waals surface area contributed by atoms with E-state index in [1.54, 1.807) is 0 Å². The summed E-state index contributed by atoms with van der Waals surface area (Å²) >= 11 is 0. The highest BCUT2D eigenvalue weighted by atomic mass is 16.6. The van der Waals surface area contributed by atoms with E-state index in [0.29, 0.717) is 0 Å². The smallest absolute Gasteiger partial charge is 0.338 e. The van der Waals surface area contributed by atoms with Crippen molar-refractivity contribution in [3.63, 3.8) is 0 Å². The number of hydrogen-bond donors (Lipinski definition) is 5. The Labute approximate surface area is 129 Å². The van der Waals surface area contributed by atoms with E-state index in [9.17, 15) is 25.2 Å². The van der Waals surface area contributed by atoms with Gasteiger partial charge in [0, 0.05) is 6.20 Å². The van der Waals surface area contributed by atoms with Crippen molar-refractivity contribution in [1.82, 2.24) is 14.5 Å². The lowest BCUT2D eigenvalue weighted by Gasteiger charge is -2.27. The molecule has 4 atom stereocenters. The fourth-order valence-corrected chi connectivity index (χ4v) is 2.84. The van der Waals surface area contributed by atoms with Crippen molar-refractivity contribution in [1.29, 1.82) is 0 Å². The summed E-state index contributed by atoms with van der Waals surface area (Å²) in [6.07, 6.45) is -1.16. The van der Waals surface area contributed by atoms with Crippen LogP contribution in [0, 0.1) is 0 Å². The van der Waals surface area contributed by atoms with Crippen molar-refractivity contribution in [2.45, 2.75) is 31.0 Å². The molecule has 0 radical (unpaired) electrons. The van der Waals surface area contributed by atoms with Crippen LogP contribution in [0.3, 0.4) is 0 Å². The van der Waals surface area contributed by atoms with E-state index < -0.39 is 36.6 Å². The quantitative estimate of drug-likeness (QED) is 0.462. The van der Waals surface area contributed by atoms with Crippen LogP contribution in [0.15, 0.2) is 12.5 Å². The van der Waals surface area contributed by atoms with Gasteiger partial charge < -0.3 is 35.5 Å². The molecule has 0 aliphatic carbocycles. The highest BCUT2D eigenvalue weighted by Crippen LogP contribution is 2.40. The van der Waals surface area contributed by atoms with E-state index in [4.69, 9.17) is 10.5 Å². The molecule has 0 aromatic carbocycles. The molecule has 3 rings (SSSR count). The van der Waals surface area contributed by atoms with Crippen molar-refractivity contribution >= 4 is 22.8 Å². The molecular weight excluding hydrogens is 308 g/mol. The van der Waals surface area contributed by atoms with E-state index >= 15 is 0 Å². The van der Waals surface area contributed by atoms with E-state index in [-0.39, 0.29) is 22.4 Å². The first-order chi connectivity index (χ1) is 10.8. The second-order valence-corrected chi connectivity index (χ2v) is 5.59. The maximum atomic E-state index is 11.4. The number of carbonyl (C=O) groups is 1. The topological polar surface area (TPSA) is 164 Å². The van der Waals surface area contributed by atoms with Crippen LogP contribution in [0.4, 0.5) is 5.82 Å². The predicted octanol–water partition coefficient (Wildman–Crippen LogP) is -1.29. The van der Waals surface area contributed by atoms with Gasteiger partial charge in [-0.2, -0.15) is 0 Å². The minimum absolute atomic E-state index is 0.0250. The second kappa shape index (κ2) is 5.13. The monoisotopic (exact) mass is 324 g/mol. The molecule has 1 aliphatic heterocycles. The lowest BCUT2D eigenvalue weighted by atomic mass is 9.96. The highest BCUT2D eigenvalue weighted by Gasteiger charge is 2.53. The molecule has 0 saturated carbocycles. The SMILES string of the molecule is C[C@]1(O)C(n2cc(C(=O)O)c3c(N)ncnc32)OC(CO)[C@H]1O. The first kappa shape index (κ1) is 15.6. The minimum atomic E-state index is -1.77. The van der Waals surface area contributed by atoms with Crippen LogP contribution in [0.2, 0.25) is 0 Å². The molecule has 0 amide bonds. The molecule has 0 spiro atoms. The molecule has 23 heavy (non-hydrogen) atoms. The average molecular weight is 324 g/mol. The van der Waals surface area contributed by atoms with Gasteiger partial charge in [-0.05, 0) is 6.92 Å². The minimum Gasteiger partial charge on any atom is -0.478 e. The maximum absolute atomic E-state index is 11.4. The Morgan fingerprint density at radius 3 is 2.78 bits per heavy atom. The first-order valence-electron chi connectivity index (χ1n) is 6.80. The number of aromatic carboxylic acids is 1. The van der Waals surface area contributed by atoms with Crippen LogP contribution in [-0.4, -0.2) is 65.3 Å². The summed E-state index contributed by atoms with van der Waals surface area (Å²) in [7, 11) is 0. The van der Waals surface area contributed by atoms with Crippen molar-refractivity contribution in [2.75, 3.05) is 12.3 Å². The number of anilines is 1. The molecule has 1 fully saturated rings. The molecule has 1 saturated heterocycles. The van der Waals surface area contributed by atoms with Gasteiger partial charge in [0.15, 0.2) is 6.23 Å². The number of carboxylic acids is 1. The van der Waals surface area contributed by atoms with Crippen molar-refractivity contribution in [3.05, 3.63) is 18.1 Å². The Bertz CT molecular complexity index is 773. The number of aliphatic hydroxyl groups excluding tert-OH is 2. The number of nitrogen functional groups attached to an aromatic ring is 1. The molecule has 2 aromatic heterocycles. The molecule has 3 heterocycles. The Morgan fingerprint density at radius 1 is 1.52 bits per heavy atom. The highest BCUT2D eigenvalue weighted by molar-refractivity contribution is 6.06. The van der Waals surface area contributed by atoms with Gasteiger partial charge in [-0.3, -0.25) is 0 Å². The number of nitrogens with zero attached hydrogens (tertiary/aromatic N) is 3. The third-order valence-corrected chi connectivity index (χ3v) is 4.06. The van der Waals surface area contributed by atoms with E-state index in [0.717, 1.165) is 6.33 Å². The summed E-state index contributed by atoms with van der Waals surface area (Å²) in [5.41, 5.74) is 3.96. The molecule has 10 nitrogen and oxygen atoms in total. The zero-order valence-electron chi connectivity index (χ0n) is 12.1. The van der Waals surface area contributed by atoms with Gasteiger partial charge in [-0.1, -0.05) is 0 Å². The van der Waals surface area contributed by atoms with Crippen LogP contribution >= 0.6 is 0 Å². The summed E-state index contributed by atoms with van der Waals surface area (Å²) in [6.45, 7) is 0.824. The second-order valence-electron chi connectivity index (χ2n) is 5.59. The lowest BCUT2D eigenvalue weighted by Crippen LogP contribution is -2.44. The Hall–Kier alpha value is -2.27. The molecule has 2 aromatic rings. The number of ether oxygens (including phenoxy) is 1. The molecule has 10 heteroatoms. The summed E-state index contributed by atoms with van der Waals surface area (Å²) < 4.78 is 6.76. The van der Waals surface area contributed by atoms with E-state index in [2.05, 4.69) is 9.97 Å². The number of aromatic nitrogens is 3. The van der Waals surface area contributed by atoms with E-state index in [1.807, 2.05) is 0 Å². The van der Waals surface area contributed by atoms with Crippen molar-refractivity contribution < 1.29 is 30.0 Å². The third kappa shape index (κ3) is 2.15. The first-order valence-corrected chi connectivity index (χ1v) is 6.80. The average Bonchev–Trinajstić information content (AvgIpc) is 2.97. The molecule has 1 aliphatic rings. The fourth-order valence-electron chi connectivity index (χ4n) is 2.84. The van der Waals surface area contributed by atoms with Gasteiger partial charge >= 0.3 is 5.97 Å². The number of hydrogen-bond acceptors (Lipinski definition) is 8. The lowest BCUT2D eigenvalue weighted by molar-refractivity contribution is -0.0948. The standard InChI is InChI=1S/C13H16N4O6/c1-13(22)8(19)6(3-18)23-12(13)17-2-5(11(20)21)7-9(14)15-4-16-10(7)17/h2,4,6,8,12,18-19,22H,3H2,1H3,(H,20,21)(H2,14,15,16)/t6?,8-,12?,13-/m1/s1. The van der Waals surface area contributed by atoms with Crippen molar-refractivity contribution in [2.24, 2.45) is 0 Å². The summed E-state index contributed by atoms with van der Waals surface area (Å²) in [5.74, 6) is -1.27. The number of nitrogens with two attached hydrogens (primary N) is 1. The molecule has 124 valence electrons. The normalized spacial score (nSPS) is 30.9. The van der Waals surface area contributed by atoms with Crippen LogP contribution in [0.1, 0.15) is 23.5 Å². The zero-order chi connectivity index (χ0) is 16.9. The van der Waals surface area contributed by atoms with Gasteiger partial charge in [-0.15, -0.1) is 0 Å². The Morgan fingerprint density at radius 2 is 2.22 bits per heavy atom. The summed E-state index contributed by atoms with van der Waals surface area (Å²) in [5, 5.41) is 39.3. The fraction of sp³-hybridized carbons (Fsp3) is 0.462. The Balaban J connectivity index is 2.21. The number of fused-ring (bicyclic) bond motifs is 1. The van der Waals surface area contributed by atoms with Gasteiger partial charge in [0.2, 0.25) is 0 Å². The van der Waals surface area contributed by atoms with Gasteiger partial charge in [0.25, 0.3) is 0 Å². The van der Waals surface area contributed by atoms with E-state index in [1.165, 1.54) is 17.7 Å². The largest absolute Gasteiger partial charge is 0.478 e. The van der Waals surface area contributed by atoms with Gasteiger partial charge in [0.1, 0.15) is 35.6 Å². The van der Waals surface area contributed by atoms with Crippen LogP contribution < -0.4 is 5.73 Å².